The molecule has 9 nitrogen and oxygen atoms in total. The lowest BCUT2D eigenvalue weighted by atomic mass is 9.71. The predicted molar refractivity (Wildman–Crippen MR) is 179 cm³/mol. The molecule has 0 saturated heterocycles. The summed E-state index contributed by atoms with van der Waals surface area (Å²) >= 11 is 0. The molecule has 0 spiro atoms. The van der Waals surface area contributed by atoms with Crippen molar-refractivity contribution in [2.24, 2.45) is 11.3 Å². The molecule has 2 atom stereocenters. The number of amides is 2. The van der Waals surface area contributed by atoms with E-state index in [1.54, 1.807) is 69.3 Å². The number of imide groups is 1. The molecule has 0 fully saturated rings. The van der Waals surface area contributed by atoms with Crippen LogP contribution < -0.4 is 0 Å². The van der Waals surface area contributed by atoms with Crippen molar-refractivity contribution in [1.82, 2.24) is 4.90 Å². The zero-order valence-corrected chi connectivity index (χ0v) is 28.2. The normalized spacial score (nSPS) is 14.5. The number of fused-ring (bicyclic) bond motifs is 1. The fourth-order valence-corrected chi connectivity index (χ4v) is 5.81. The molecule has 3 aromatic carbocycles. The Morgan fingerprint density at radius 2 is 1.17 bits per heavy atom. The number of carbonyl (C=O) groups is 5. The van der Waals surface area contributed by atoms with Gasteiger partial charge in [-0.2, -0.15) is 0 Å². The van der Waals surface area contributed by atoms with Crippen LogP contribution >= 0.6 is 0 Å². The average Bonchev–Trinajstić information content (AvgIpc) is 3.31. The van der Waals surface area contributed by atoms with Gasteiger partial charge < -0.3 is 14.2 Å². The zero-order chi connectivity index (χ0) is 34.7. The van der Waals surface area contributed by atoms with E-state index in [2.05, 4.69) is 6.92 Å². The first-order chi connectivity index (χ1) is 23.0. The first-order valence-corrected chi connectivity index (χ1v) is 16.6. The van der Waals surface area contributed by atoms with Crippen LogP contribution in [0.3, 0.4) is 0 Å². The highest BCUT2D eigenvalue weighted by molar-refractivity contribution is 6.22. The third-order valence-corrected chi connectivity index (χ3v) is 8.33. The van der Waals surface area contributed by atoms with Crippen LogP contribution in [0.1, 0.15) is 98.1 Å². The van der Waals surface area contributed by atoms with Gasteiger partial charge in [-0.25, -0.2) is 0 Å². The van der Waals surface area contributed by atoms with Crippen molar-refractivity contribution in [2.75, 3.05) is 6.54 Å². The van der Waals surface area contributed by atoms with E-state index >= 15 is 0 Å². The monoisotopic (exact) mass is 655 g/mol. The highest BCUT2D eigenvalue weighted by Crippen LogP contribution is 2.41. The molecule has 1 aliphatic heterocycles. The lowest BCUT2D eigenvalue weighted by Gasteiger charge is -2.39. The Labute approximate surface area is 282 Å². The number of nitrogens with zero attached hydrogens (tertiary/aromatic N) is 1. The second-order valence-corrected chi connectivity index (χ2v) is 13.1. The van der Waals surface area contributed by atoms with Crippen LogP contribution in [-0.2, 0) is 41.8 Å². The molecule has 0 aliphatic carbocycles. The van der Waals surface area contributed by atoms with Gasteiger partial charge in [-0.05, 0) is 50.5 Å². The van der Waals surface area contributed by atoms with Crippen LogP contribution in [0.15, 0.2) is 84.9 Å². The SMILES string of the molecule is CCCCCCCC(C(=O)OCc1ccccc1)C(CN1C(=O)c2ccccc2C1=O)(C(=O)OCc1ccccc1)C(=O)OC(C)(C)C. The summed E-state index contributed by atoms with van der Waals surface area (Å²) < 4.78 is 17.5. The maximum atomic E-state index is 14.6. The molecule has 2 unspecified atom stereocenters. The molecule has 0 bridgehead atoms. The molecule has 0 N–H and O–H groups in total. The number of unbranched alkanes of at least 4 members (excludes halogenated alkanes) is 4. The summed E-state index contributed by atoms with van der Waals surface area (Å²) in [6.07, 6.45) is 4.12. The minimum atomic E-state index is -2.44. The van der Waals surface area contributed by atoms with E-state index in [-0.39, 0.29) is 30.8 Å². The Hall–Kier alpha value is -4.79. The molecular formula is C39H45NO8. The summed E-state index contributed by atoms with van der Waals surface area (Å²) in [6.45, 7) is 5.92. The highest BCUT2D eigenvalue weighted by atomic mass is 16.6. The van der Waals surface area contributed by atoms with Crippen molar-refractivity contribution in [3.63, 3.8) is 0 Å². The van der Waals surface area contributed by atoms with Gasteiger partial charge in [0.05, 0.1) is 23.6 Å². The Balaban J connectivity index is 1.83. The van der Waals surface area contributed by atoms with Gasteiger partial charge in [0.1, 0.15) is 18.8 Å². The molecular weight excluding hydrogens is 610 g/mol. The Morgan fingerprint density at radius 1 is 0.667 bits per heavy atom. The van der Waals surface area contributed by atoms with Crippen LogP contribution in [0.5, 0.6) is 0 Å². The van der Waals surface area contributed by atoms with Crippen LogP contribution in [0.2, 0.25) is 0 Å². The minimum absolute atomic E-state index is 0.0557. The van der Waals surface area contributed by atoms with Crippen molar-refractivity contribution in [1.29, 1.82) is 0 Å². The largest absolute Gasteiger partial charge is 0.461 e. The molecule has 3 aromatic rings. The number of carbonyl (C=O) groups excluding carboxylic acids is 5. The number of esters is 3. The summed E-state index contributed by atoms with van der Waals surface area (Å²) in [4.78, 5) is 71.7. The van der Waals surface area contributed by atoms with E-state index in [1.807, 2.05) is 24.3 Å². The first-order valence-electron chi connectivity index (χ1n) is 16.6. The molecule has 1 aliphatic rings. The summed E-state index contributed by atoms with van der Waals surface area (Å²) in [6, 6.07) is 24.2. The van der Waals surface area contributed by atoms with Gasteiger partial charge in [0.2, 0.25) is 0 Å². The maximum absolute atomic E-state index is 14.6. The topological polar surface area (TPSA) is 116 Å². The average molecular weight is 656 g/mol. The maximum Gasteiger partial charge on any atom is 0.326 e. The third kappa shape index (κ3) is 8.76. The fourth-order valence-electron chi connectivity index (χ4n) is 5.81. The van der Waals surface area contributed by atoms with Crippen LogP contribution in [0.4, 0.5) is 0 Å². The van der Waals surface area contributed by atoms with Gasteiger partial charge in [0.15, 0.2) is 5.41 Å². The van der Waals surface area contributed by atoms with Crippen molar-refractivity contribution >= 4 is 29.7 Å². The van der Waals surface area contributed by atoms with Crippen molar-refractivity contribution in [2.45, 2.75) is 85.0 Å². The smallest absolute Gasteiger partial charge is 0.326 e. The highest BCUT2D eigenvalue weighted by Gasteiger charge is 2.61. The zero-order valence-electron chi connectivity index (χ0n) is 28.2. The third-order valence-electron chi connectivity index (χ3n) is 8.33. The quantitative estimate of drug-likeness (QED) is 0.0529. The number of benzene rings is 3. The van der Waals surface area contributed by atoms with Crippen LogP contribution in [0, 0.1) is 11.3 Å². The standard InChI is InChI=1S/C39H45NO8/c1-5-6-7-8-15-24-32(35(43)46-25-28-18-11-9-12-19-28)39(37(45)48-38(2,3)4,36(44)47-26-29-20-13-10-14-21-29)27-40-33(41)30-22-16-17-23-31(30)34(40)42/h9-14,16-23,32H,5-8,15,24-27H2,1-4H3. The second-order valence-electron chi connectivity index (χ2n) is 13.1. The number of rotatable bonds is 16. The number of hydrogen-bond donors (Lipinski definition) is 0. The number of hydrogen-bond acceptors (Lipinski definition) is 8. The van der Waals surface area contributed by atoms with Crippen molar-refractivity contribution < 1.29 is 38.2 Å². The molecule has 2 amide bonds. The molecule has 0 radical (unpaired) electrons. The lowest BCUT2D eigenvalue weighted by Crippen LogP contribution is -2.58. The summed E-state index contributed by atoms with van der Waals surface area (Å²) in [7, 11) is 0. The van der Waals surface area contributed by atoms with E-state index in [4.69, 9.17) is 14.2 Å². The fraction of sp³-hybridized carbons (Fsp3) is 0.410. The summed E-state index contributed by atoms with van der Waals surface area (Å²) in [5, 5.41) is 0. The van der Waals surface area contributed by atoms with Gasteiger partial charge in [0, 0.05) is 0 Å². The molecule has 48 heavy (non-hydrogen) atoms. The molecule has 9 heteroatoms. The molecule has 0 saturated carbocycles. The van der Waals surface area contributed by atoms with Gasteiger partial charge in [0.25, 0.3) is 11.8 Å². The van der Waals surface area contributed by atoms with Crippen molar-refractivity contribution in [3.05, 3.63) is 107 Å². The van der Waals surface area contributed by atoms with Crippen molar-refractivity contribution in [3.8, 4) is 0 Å². The summed E-state index contributed by atoms with van der Waals surface area (Å²) in [5.41, 5.74) is -1.89. The van der Waals surface area contributed by atoms with E-state index in [1.165, 1.54) is 12.1 Å². The molecule has 4 rings (SSSR count). The second kappa shape index (κ2) is 16.4. The van der Waals surface area contributed by atoms with E-state index in [9.17, 15) is 24.0 Å². The lowest BCUT2D eigenvalue weighted by molar-refractivity contribution is -0.192. The first kappa shape index (κ1) is 36.1. The van der Waals surface area contributed by atoms with Crippen LogP contribution in [0.25, 0.3) is 0 Å². The molecule has 254 valence electrons. The Morgan fingerprint density at radius 3 is 1.69 bits per heavy atom. The van der Waals surface area contributed by atoms with E-state index in [0.29, 0.717) is 17.5 Å². The Bertz CT molecular complexity index is 1550. The summed E-state index contributed by atoms with van der Waals surface area (Å²) in [5.74, 6) is -5.77. The number of ether oxygens (including phenoxy) is 3. The van der Waals surface area contributed by atoms with E-state index < -0.39 is 53.2 Å². The van der Waals surface area contributed by atoms with Gasteiger partial charge in [-0.3, -0.25) is 28.9 Å². The minimum Gasteiger partial charge on any atom is -0.461 e. The predicted octanol–water partition coefficient (Wildman–Crippen LogP) is 7.07. The Kier molecular flexibility index (Phi) is 12.3. The van der Waals surface area contributed by atoms with Gasteiger partial charge in [-0.15, -0.1) is 0 Å². The van der Waals surface area contributed by atoms with E-state index in [0.717, 1.165) is 30.6 Å². The van der Waals surface area contributed by atoms with Crippen LogP contribution in [-0.4, -0.2) is 46.8 Å². The molecule has 0 aromatic heterocycles. The molecule has 1 heterocycles. The van der Waals surface area contributed by atoms with Gasteiger partial charge >= 0.3 is 17.9 Å². The van der Waals surface area contributed by atoms with Gasteiger partial charge in [-0.1, -0.05) is 112 Å².